The van der Waals surface area contributed by atoms with Gasteiger partial charge in [-0.15, -0.1) is 11.8 Å². The first-order valence-corrected chi connectivity index (χ1v) is 8.80. The number of hydrogen-bond acceptors (Lipinski definition) is 3. The summed E-state index contributed by atoms with van der Waals surface area (Å²) in [5, 5.41) is 3.00. The summed E-state index contributed by atoms with van der Waals surface area (Å²) in [6, 6.07) is 10.3. The van der Waals surface area contributed by atoms with Gasteiger partial charge in [-0.2, -0.15) is 0 Å². The average molecular weight is 309 g/mol. The van der Waals surface area contributed by atoms with Crippen molar-refractivity contribution in [1.82, 2.24) is 5.32 Å². The third-order valence-electron chi connectivity index (χ3n) is 3.57. The minimum Gasteiger partial charge on any atom is -0.370 e. The lowest BCUT2D eigenvalue weighted by molar-refractivity contribution is -0.908. The Kier molecular flexibility index (Phi) is 7.63. The maximum atomic E-state index is 11.7. The van der Waals surface area contributed by atoms with E-state index in [1.54, 1.807) is 16.7 Å². The second-order valence-electron chi connectivity index (χ2n) is 5.29. The van der Waals surface area contributed by atoms with Crippen molar-refractivity contribution in [1.29, 1.82) is 0 Å². The Bertz CT molecular complexity index is 408. The van der Waals surface area contributed by atoms with Crippen LogP contribution in [0.2, 0.25) is 0 Å². The molecule has 21 heavy (non-hydrogen) atoms. The van der Waals surface area contributed by atoms with Crippen molar-refractivity contribution in [3.63, 3.8) is 0 Å². The molecule has 1 aromatic rings. The first kappa shape index (κ1) is 16.3. The van der Waals surface area contributed by atoms with Gasteiger partial charge < -0.3 is 15.0 Å². The number of nitrogens with one attached hydrogen (secondary N) is 2. The van der Waals surface area contributed by atoms with Gasteiger partial charge in [0, 0.05) is 18.7 Å². The van der Waals surface area contributed by atoms with Crippen LogP contribution in [0.4, 0.5) is 0 Å². The van der Waals surface area contributed by atoms with E-state index in [0.717, 1.165) is 51.6 Å². The highest BCUT2D eigenvalue weighted by molar-refractivity contribution is 7.99. The van der Waals surface area contributed by atoms with Crippen LogP contribution in [0, 0.1) is 0 Å². The van der Waals surface area contributed by atoms with Crippen LogP contribution in [0.3, 0.4) is 0 Å². The summed E-state index contributed by atoms with van der Waals surface area (Å²) < 4.78 is 5.33. The molecule has 0 spiro atoms. The number of quaternary nitrogens is 1. The predicted molar refractivity (Wildman–Crippen MR) is 86.6 cm³/mol. The Labute approximate surface area is 131 Å². The molecule has 2 rings (SSSR count). The minimum absolute atomic E-state index is 0.146. The molecule has 1 aliphatic heterocycles. The van der Waals surface area contributed by atoms with E-state index < -0.39 is 0 Å². The summed E-state index contributed by atoms with van der Waals surface area (Å²) in [6.45, 7) is 5.85. The Morgan fingerprint density at radius 2 is 2.00 bits per heavy atom. The molecular weight excluding hydrogens is 284 g/mol. The van der Waals surface area contributed by atoms with E-state index in [9.17, 15) is 4.79 Å². The topological polar surface area (TPSA) is 42.8 Å². The highest BCUT2D eigenvalue weighted by Gasteiger charge is 2.12. The second-order valence-corrected chi connectivity index (χ2v) is 6.28. The molecule has 0 bridgehead atoms. The molecule has 2 N–H and O–H groups in total. The van der Waals surface area contributed by atoms with Gasteiger partial charge in [0.2, 0.25) is 5.91 Å². The number of rotatable bonds is 8. The van der Waals surface area contributed by atoms with E-state index in [0.29, 0.717) is 5.75 Å². The van der Waals surface area contributed by atoms with Crippen LogP contribution >= 0.6 is 11.8 Å². The quantitative estimate of drug-likeness (QED) is 0.681. The van der Waals surface area contributed by atoms with Gasteiger partial charge in [-0.3, -0.25) is 4.79 Å². The molecule has 1 amide bonds. The van der Waals surface area contributed by atoms with Gasteiger partial charge >= 0.3 is 0 Å². The molecule has 4 nitrogen and oxygen atoms in total. The number of morpholine rings is 1. The maximum absolute atomic E-state index is 11.7. The molecular formula is C16H25N2O2S+. The Hall–Kier alpha value is -1.04. The molecule has 1 aliphatic rings. The zero-order chi connectivity index (χ0) is 14.8. The van der Waals surface area contributed by atoms with Crippen LogP contribution in [0.1, 0.15) is 12.0 Å². The van der Waals surface area contributed by atoms with Crippen molar-refractivity contribution in [3.8, 4) is 0 Å². The van der Waals surface area contributed by atoms with Crippen molar-refractivity contribution in [3.05, 3.63) is 35.9 Å². The lowest BCUT2D eigenvalue weighted by Gasteiger charge is -2.23. The predicted octanol–water partition coefficient (Wildman–Crippen LogP) is 0.341. The van der Waals surface area contributed by atoms with Gasteiger partial charge in [0.15, 0.2) is 0 Å². The Balaban J connectivity index is 1.47. The second kappa shape index (κ2) is 9.82. The fourth-order valence-corrected chi connectivity index (χ4v) is 3.18. The summed E-state index contributed by atoms with van der Waals surface area (Å²) in [7, 11) is 0. The lowest BCUT2D eigenvalue weighted by atomic mass is 10.2. The molecule has 0 aromatic heterocycles. The van der Waals surface area contributed by atoms with Gasteiger partial charge in [-0.1, -0.05) is 30.3 Å². The minimum atomic E-state index is 0.146. The zero-order valence-electron chi connectivity index (χ0n) is 12.5. The number of thioether (sulfide) groups is 1. The van der Waals surface area contributed by atoms with Gasteiger partial charge in [0.25, 0.3) is 0 Å². The van der Waals surface area contributed by atoms with Crippen molar-refractivity contribution in [2.45, 2.75) is 12.2 Å². The monoisotopic (exact) mass is 309 g/mol. The van der Waals surface area contributed by atoms with Gasteiger partial charge in [0.1, 0.15) is 13.1 Å². The summed E-state index contributed by atoms with van der Waals surface area (Å²) in [4.78, 5) is 13.3. The van der Waals surface area contributed by atoms with E-state index in [1.807, 2.05) is 18.2 Å². The molecule has 5 heteroatoms. The summed E-state index contributed by atoms with van der Waals surface area (Å²) in [5.41, 5.74) is 1.27. The summed E-state index contributed by atoms with van der Waals surface area (Å²) in [5.74, 6) is 1.58. The molecule has 0 aliphatic carbocycles. The highest BCUT2D eigenvalue weighted by Crippen LogP contribution is 2.10. The van der Waals surface area contributed by atoms with Crippen LogP contribution in [0.25, 0.3) is 0 Å². The fraction of sp³-hybridized carbons (Fsp3) is 0.562. The van der Waals surface area contributed by atoms with E-state index in [4.69, 9.17) is 4.74 Å². The average Bonchev–Trinajstić information content (AvgIpc) is 2.54. The molecule has 1 heterocycles. The Morgan fingerprint density at radius 1 is 1.24 bits per heavy atom. The summed E-state index contributed by atoms with van der Waals surface area (Å²) in [6.07, 6.45) is 1.05. The standard InChI is InChI=1S/C16H24N2O2S/c19-16(14-21-13-15-5-2-1-3-6-15)17-7-4-8-18-9-11-20-12-10-18/h1-3,5-6H,4,7-14H2,(H,17,19)/p+1. The molecule has 0 atom stereocenters. The van der Waals surface area contributed by atoms with Crippen LogP contribution < -0.4 is 10.2 Å². The first-order valence-electron chi connectivity index (χ1n) is 7.64. The molecule has 116 valence electrons. The SMILES string of the molecule is O=C(CSCc1ccccc1)NCCC[NH+]1CCOCC1. The van der Waals surface area contributed by atoms with E-state index >= 15 is 0 Å². The van der Waals surface area contributed by atoms with E-state index in [-0.39, 0.29) is 5.91 Å². The smallest absolute Gasteiger partial charge is 0.230 e. The zero-order valence-corrected chi connectivity index (χ0v) is 13.3. The van der Waals surface area contributed by atoms with Crippen molar-refractivity contribution >= 4 is 17.7 Å². The largest absolute Gasteiger partial charge is 0.370 e. The number of ether oxygens (including phenoxy) is 1. The number of carbonyl (C=O) groups is 1. The molecule has 0 unspecified atom stereocenters. The van der Waals surface area contributed by atoms with Crippen LogP contribution in [0.5, 0.6) is 0 Å². The fourth-order valence-electron chi connectivity index (χ4n) is 2.36. The molecule has 1 saturated heterocycles. The number of hydrogen-bond donors (Lipinski definition) is 2. The highest BCUT2D eigenvalue weighted by atomic mass is 32.2. The summed E-state index contributed by atoms with van der Waals surface area (Å²) >= 11 is 1.67. The van der Waals surface area contributed by atoms with Crippen LogP contribution in [-0.2, 0) is 15.3 Å². The maximum Gasteiger partial charge on any atom is 0.230 e. The van der Waals surface area contributed by atoms with Crippen LogP contribution in [-0.4, -0.2) is 51.1 Å². The number of benzene rings is 1. The van der Waals surface area contributed by atoms with Crippen molar-refractivity contribution < 1.29 is 14.4 Å². The molecule has 1 aromatic carbocycles. The molecule has 0 saturated carbocycles. The van der Waals surface area contributed by atoms with Crippen molar-refractivity contribution in [2.24, 2.45) is 0 Å². The van der Waals surface area contributed by atoms with E-state index in [1.165, 1.54) is 5.56 Å². The van der Waals surface area contributed by atoms with Gasteiger partial charge in [0.05, 0.1) is 25.5 Å². The number of amides is 1. The molecule has 0 radical (unpaired) electrons. The normalized spacial score (nSPS) is 15.8. The number of carbonyl (C=O) groups excluding carboxylic acids is 1. The van der Waals surface area contributed by atoms with Crippen LogP contribution in [0.15, 0.2) is 30.3 Å². The lowest BCUT2D eigenvalue weighted by Crippen LogP contribution is -3.14. The van der Waals surface area contributed by atoms with Gasteiger partial charge in [-0.25, -0.2) is 0 Å². The van der Waals surface area contributed by atoms with Gasteiger partial charge in [-0.05, 0) is 5.56 Å². The third kappa shape index (κ3) is 6.98. The van der Waals surface area contributed by atoms with Crippen molar-refractivity contribution in [2.75, 3.05) is 45.1 Å². The van der Waals surface area contributed by atoms with E-state index in [2.05, 4.69) is 17.4 Å². The first-order chi connectivity index (χ1) is 10.3. The third-order valence-corrected chi connectivity index (χ3v) is 4.58. The molecule has 1 fully saturated rings. The Morgan fingerprint density at radius 3 is 2.76 bits per heavy atom.